The van der Waals surface area contributed by atoms with E-state index in [0.29, 0.717) is 35.1 Å². The number of hydrogen-bond donors (Lipinski definition) is 0. The average Bonchev–Trinajstić information content (AvgIpc) is 3.25. The van der Waals surface area contributed by atoms with Gasteiger partial charge in [0.25, 0.3) is 0 Å². The first-order valence-corrected chi connectivity index (χ1v) is 9.56. The molecule has 0 aliphatic carbocycles. The van der Waals surface area contributed by atoms with Crippen LogP contribution in [0.4, 0.5) is 0 Å². The van der Waals surface area contributed by atoms with Gasteiger partial charge in [0, 0.05) is 0 Å². The van der Waals surface area contributed by atoms with Crippen molar-refractivity contribution in [2.45, 2.75) is 6.92 Å². The van der Waals surface area contributed by atoms with Gasteiger partial charge in [0.15, 0.2) is 17.2 Å². The second kappa shape index (κ2) is 8.33. The molecule has 0 unspecified atom stereocenters. The Bertz CT molecular complexity index is 887. The Morgan fingerprint density at radius 2 is 2.23 bits per heavy atom. The lowest BCUT2D eigenvalue weighted by Crippen LogP contribution is -2.03. The van der Waals surface area contributed by atoms with Crippen molar-refractivity contribution in [2.75, 3.05) is 13.2 Å². The van der Waals surface area contributed by atoms with Gasteiger partial charge in [0.05, 0.1) is 16.0 Å². The second-order valence-corrected chi connectivity index (χ2v) is 6.98. The topological polar surface area (TPSA) is 57.1 Å². The van der Waals surface area contributed by atoms with Gasteiger partial charge >= 0.3 is 5.97 Å². The first-order valence-electron chi connectivity index (χ1n) is 7.88. The summed E-state index contributed by atoms with van der Waals surface area (Å²) in [7, 11) is 0. The van der Waals surface area contributed by atoms with Crippen LogP contribution in [0.5, 0.6) is 11.5 Å². The number of esters is 1. The van der Waals surface area contributed by atoms with Gasteiger partial charge in [-0.25, -0.2) is 9.79 Å². The molecule has 0 bridgehead atoms. The minimum absolute atomic E-state index is 0.238. The van der Waals surface area contributed by atoms with E-state index in [1.165, 1.54) is 11.3 Å². The maximum Gasteiger partial charge on any atom is 0.363 e. The normalized spacial score (nSPS) is 14.9. The van der Waals surface area contributed by atoms with E-state index in [9.17, 15) is 4.79 Å². The summed E-state index contributed by atoms with van der Waals surface area (Å²) in [6.07, 6.45) is 3.32. The highest BCUT2D eigenvalue weighted by Gasteiger charge is 2.25. The third-order valence-electron chi connectivity index (χ3n) is 3.33. The first kappa shape index (κ1) is 18.4. The highest BCUT2D eigenvalue weighted by molar-refractivity contribution is 9.10. The molecule has 0 N–H and O–H groups in total. The Hall–Kier alpha value is -2.38. The van der Waals surface area contributed by atoms with Gasteiger partial charge in [-0.05, 0) is 58.1 Å². The Kier molecular flexibility index (Phi) is 5.90. The Morgan fingerprint density at radius 3 is 2.92 bits per heavy atom. The van der Waals surface area contributed by atoms with Gasteiger partial charge in [-0.1, -0.05) is 18.7 Å². The minimum Gasteiger partial charge on any atom is -0.490 e. The lowest BCUT2D eigenvalue weighted by molar-refractivity contribution is -0.129. The smallest absolute Gasteiger partial charge is 0.363 e. The van der Waals surface area contributed by atoms with Crippen LogP contribution in [0.1, 0.15) is 17.4 Å². The molecule has 2 heterocycles. The molecule has 134 valence electrons. The van der Waals surface area contributed by atoms with Crippen LogP contribution in [0, 0.1) is 0 Å². The van der Waals surface area contributed by atoms with E-state index < -0.39 is 5.97 Å². The van der Waals surface area contributed by atoms with Crippen LogP contribution in [0.15, 0.2) is 57.5 Å². The van der Waals surface area contributed by atoms with Crippen LogP contribution in [0.3, 0.4) is 0 Å². The predicted octanol–water partition coefficient (Wildman–Crippen LogP) is 4.82. The van der Waals surface area contributed by atoms with E-state index in [0.717, 1.165) is 10.4 Å². The van der Waals surface area contributed by atoms with Gasteiger partial charge in [-0.15, -0.1) is 11.3 Å². The number of carbonyl (C=O) groups is 1. The Morgan fingerprint density at radius 1 is 1.38 bits per heavy atom. The molecular formula is C19H16BrNO4S. The van der Waals surface area contributed by atoms with Crippen molar-refractivity contribution in [1.82, 2.24) is 0 Å². The number of ether oxygens (including phenoxy) is 3. The third kappa shape index (κ3) is 4.05. The summed E-state index contributed by atoms with van der Waals surface area (Å²) < 4.78 is 17.3. The fraction of sp³-hybridized carbons (Fsp3) is 0.158. The number of aliphatic imine (C=N–C) groups is 1. The minimum atomic E-state index is -0.477. The molecule has 5 nitrogen and oxygen atoms in total. The summed E-state index contributed by atoms with van der Waals surface area (Å²) in [4.78, 5) is 17.2. The van der Waals surface area contributed by atoms with Crippen LogP contribution < -0.4 is 9.47 Å². The molecule has 1 aromatic heterocycles. The number of hydrogen-bond acceptors (Lipinski definition) is 6. The van der Waals surface area contributed by atoms with Crippen LogP contribution in [-0.4, -0.2) is 25.1 Å². The maximum atomic E-state index is 12.1. The number of thiophene rings is 1. The molecule has 0 fully saturated rings. The molecule has 26 heavy (non-hydrogen) atoms. The zero-order valence-electron chi connectivity index (χ0n) is 14.0. The maximum absolute atomic E-state index is 12.1. The van der Waals surface area contributed by atoms with Gasteiger partial charge in [-0.3, -0.25) is 0 Å². The summed E-state index contributed by atoms with van der Waals surface area (Å²) in [5, 5.41) is 1.90. The van der Waals surface area contributed by atoms with E-state index in [-0.39, 0.29) is 5.70 Å². The molecule has 1 aliphatic rings. The number of rotatable bonds is 7. The van der Waals surface area contributed by atoms with Crippen molar-refractivity contribution >= 4 is 45.2 Å². The van der Waals surface area contributed by atoms with Gasteiger partial charge in [0.2, 0.25) is 5.90 Å². The van der Waals surface area contributed by atoms with Crippen LogP contribution in [-0.2, 0) is 9.53 Å². The highest BCUT2D eigenvalue weighted by Crippen LogP contribution is 2.38. The van der Waals surface area contributed by atoms with E-state index in [1.54, 1.807) is 18.2 Å². The average molecular weight is 434 g/mol. The molecule has 2 aromatic rings. The van der Waals surface area contributed by atoms with E-state index in [1.807, 2.05) is 30.5 Å². The number of cyclic esters (lactones) is 1. The molecule has 0 atom stereocenters. The van der Waals surface area contributed by atoms with Gasteiger partial charge < -0.3 is 14.2 Å². The SMILES string of the molecule is C=CCOc1c(Br)cc(/C=C2/N=C(c3cccs3)OC2=O)cc1OCC. The van der Waals surface area contributed by atoms with Gasteiger partial charge in [0.1, 0.15) is 6.61 Å². The van der Waals surface area contributed by atoms with E-state index in [4.69, 9.17) is 14.2 Å². The van der Waals surface area contributed by atoms with E-state index >= 15 is 0 Å². The van der Waals surface area contributed by atoms with E-state index in [2.05, 4.69) is 27.5 Å². The van der Waals surface area contributed by atoms with Crippen LogP contribution in [0.25, 0.3) is 6.08 Å². The summed E-state index contributed by atoms with van der Waals surface area (Å²) in [5.41, 5.74) is 0.983. The third-order valence-corrected chi connectivity index (χ3v) is 4.78. The Balaban J connectivity index is 1.95. The Labute approximate surface area is 163 Å². The number of carbonyl (C=O) groups excluding carboxylic acids is 1. The summed E-state index contributed by atoms with van der Waals surface area (Å²) in [6, 6.07) is 7.37. The van der Waals surface area contributed by atoms with Crippen molar-refractivity contribution in [3.8, 4) is 11.5 Å². The summed E-state index contributed by atoms with van der Waals surface area (Å²) in [5.74, 6) is 1.01. The quantitative estimate of drug-likeness (QED) is 0.356. The summed E-state index contributed by atoms with van der Waals surface area (Å²) in [6.45, 7) is 6.39. The van der Waals surface area contributed by atoms with Crippen molar-refractivity contribution in [3.63, 3.8) is 0 Å². The fourth-order valence-corrected chi connectivity index (χ4v) is 3.51. The van der Waals surface area contributed by atoms with Crippen molar-refractivity contribution in [3.05, 3.63) is 62.9 Å². The molecule has 1 aliphatic heterocycles. The van der Waals surface area contributed by atoms with Crippen molar-refractivity contribution in [2.24, 2.45) is 4.99 Å². The fourth-order valence-electron chi connectivity index (χ4n) is 2.29. The number of halogens is 1. The second-order valence-electron chi connectivity index (χ2n) is 5.18. The molecular weight excluding hydrogens is 418 g/mol. The van der Waals surface area contributed by atoms with Crippen molar-refractivity contribution in [1.29, 1.82) is 0 Å². The largest absolute Gasteiger partial charge is 0.490 e. The number of nitrogens with zero attached hydrogens (tertiary/aromatic N) is 1. The highest BCUT2D eigenvalue weighted by atomic mass is 79.9. The standard InChI is InChI=1S/C19H16BrNO4S/c1-3-7-24-17-13(20)9-12(11-15(17)23-4-2)10-14-19(22)25-18(21-14)16-6-5-8-26-16/h3,5-6,8-11H,1,4,7H2,2H3/b14-10+. The first-order chi connectivity index (χ1) is 12.6. The molecule has 1 aromatic carbocycles. The molecule has 3 rings (SSSR count). The lowest BCUT2D eigenvalue weighted by Gasteiger charge is -2.13. The zero-order chi connectivity index (χ0) is 18.5. The predicted molar refractivity (Wildman–Crippen MR) is 106 cm³/mol. The zero-order valence-corrected chi connectivity index (χ0v) is 16.4. The molecule has 0 amide bonds. The van der Waals surface area contributed by atoms with Crippen LogP contribution in [0.2, 0.25) is 0 Å². The lowest BCUT2D eigenvalue weighted by atomic mass is 10.1. The molecule has 0 radical (unpaired) electrons. The van der Waals surface area contributed by atoms with Crippen LogP contribution >= 0.6 is 27.3 Å². The summed E-state index contributed by atoms with van der Waals surface area (Å²) >= 11 is 4.95. The van der Waals surface area contributed by atoms with Crippen molar-refractivity contribution < 1.29 is 19.0 Å². The van der Waals surface area contributed by atoms with Gasteiger partial charge in [-0.2, -0.15) is 0 Å². The number of benzene rings is 1. The monoisotopic (exact) mass is 433 g/mol. The molecule has 0 saturated carbocycles. The molecule has 7 heteroatoms. The molecule has 0 spiro atoms. The molecule has 0 saturated heterocycles.